The van der Waals surface area contributed by atoms with Crippen molar-refractivity contribution >= 4 is 11.9 Å². The molecule has 0 aliphatic rings. The number of esters is 1. The average molecular weight is 280 g/mol. The van der Waals surface area contributed by atoms with E-state index in [1.54, 1.807) is 0 Å². The molecule has 5 heteroatoms. The molecule has 0 aliphatic carbocycles. The third-order valence-corrected chi connectivity index (χ3v) is 2.41. The van der Waals surface area contributed by atoms with Crippen LogP contribution in [-0.4, -0.2) is 18.5 Å². The molecule has 0 rings (SSSR count). The van der Waals surface area contributed by atoms with Crippen LogP contribution in [-0.2, 0) is 14.3 Å². The van der Waals surface area contributed by atoms with Gasteiger partial charge in [0, 0.05) is 0 Å². The van der Waals surface area contributed by atoms with Crippen molar-refractivity contribution in [2.75, 3.05) is 6.61 Å². The molecule has 0 atom stereocenters. The second-order valence-electron chi connectivity index (χ2n) is 4.06. The van der Waals surface area contributed by atoms with Crippen LogP contribution < -0.4 is 56.5 Å². The van der Waals surface area contributed by atoms with Crippen molar-refractivity contribution in [1.82, 2.24) is 0 Å². The Morgan fingerprint density at radius 2 is 1.67 bits per heavy atom. The first-order valence-corrected chi connectivity index (χ1v) is 6.12. The third kappa shape index (κ3) is 12.8. The fraction of sp³-hybridized carbons (Fsp3) is 0.692. The maximum Gasteiger partial charge on any atom is 1.00 e. The Bertz CT molecular complexity index is 264. The van der Waals surface area contributed by atoms with Gasteiger partial charge in [-0.15, -0.1) is 0 Å². The SMILES string of the molecule is C=C(CC(=O)OCCCCCCCC)C(=O)[O-].[K+]. The molecule has 0 aromatic rings. The zero-order chi connectivity index (χ0) is 13.1. The van der Waals surface area contributed by atoms with Crippen LogP contribution in [0.5, 0.6) is 0 Å². The molecule has 4 nitrogen and oxygen atoms in total. The summed E-state index contributed by atoms with van der Waals surface area (Å²) in [5.41, 5.74) is -0.238. The van der Waals surface area contributed by atoms with Crippen molar-refractivity contribution in [2.45, 2.75) is 51.9 Å². The van der Waals surface area contributed by atoms with Gasteiger partial charge >= 0.3 is 57.4 Å². The van der Waals surface area contributed by atoms with Crippen LogP contribution in [0.4, 0.5) is 0 Å². The Morgan fingerprint density at radius 1 is 1.11 bits per heavy atom. The summed E-state index contributed by atoms with van der Waals surface area (Å²) in [6.07, 6.45) is 6.38. The van der Waals surface area contributed by atoms with E-state index >= 15 is 0 Å². The van der Waals surface area contributed by atoms with Gasteiger partial charge in [0.1, 0.15) is 0 Å². The number of aliphatic carboxylic acids is 1. The van der Waals surface area contributed by atoms with Crippen LogP contribution in [0.25, 0.3) is 0 Å². The minimum atomic E-state index is -1.40. The first-order chi connectivity index (χ1) is 8.07. The molecular formula is C13H21KO4. The van der Waals surface area contributed by atoms with Crippen molar-refractivity contribution < 1.29 is 70.8 Å². The minimum absolute atomic E-state index is 0. The van der Waals surface area contributed by atoms with Crippen LogP contribution in [0.15, 0.2) is 12.2 Å². The normalized spacial score (nSPS) is 9.39. The molecule has 0 bridgehead atoms. The van der Waals surface area contributed by atoms with E-state index in [0.29, 0.717) is 6.61 Å². The molecule has 0 radical (unpaired) electrons. The molecule has 0 saturated heterocycles. The molecule has 0 aliphatic heterocycles. The molecule has 0 spiro atoms. The minimum Gasteiger partial charge on any atom is -0.545 e. The summed E-state index contributed by atoms with van der Waals surface area (Å²) >= 11 is 0. The van der Waals surface area contributed by atoms with Crippen LogP contribution in [0.2, 0.25) is 0 Å². The van der Waals surface area contributed by atoms with Crippen molar-refractivity contribution in [3.63, 3.8) is 0 Å². The Hall–Kier alpha value is 0.316. The summed E-state index contributed by atoms with van der Waals surface area (Å²) in [5, 5.41) is 10.3. The van der Waals surface area contributed by atoms with E-state index in [4.69, 9.17) is 4.74 Å². The van der Waals surface area contributed by atoms with Crippen molar-refractivity contribution in [3.8, 4) is 0 Å². The number of carbonyl (C=O) groups is 2. The number of unbranched alkanes of at least 4 members (excludes halogenated alkanes) is 5. The number of ether oxygens (including phenoxy) is 1. The van der Waals surface area contributed by atoms with Crippen LogP contribution >= 0.6 is 0 Å². The molecule has 0 aromatic carbocycles. The second-order valence-corrected chi connectivity index (χ2v) is 4.06. The first kappa shape index (κ1) is 20.6. The molecule has 0 amide bonds. The maximum absolute atomic E-state index is 11.1. The topological polar surface area (TPSA) is 66.4 Å². The number of hydrogen-bond donors (Lipinski definition) is 0. The summed E-state index contributed by atoms with van der Waals surface area (Å²) < 4.78 is 4.88. The van der Waals surface area contributed by atoms with Gasteiger partial charge < -0.3 is 14.6 Å². The zero-order valence-electron chi connectivity index (χ0n) is 11.5. The molecule has 98 valence electrons. The number of hydrogen-bond acceptors (Lipinski definition) is 4. The Morgan fingerprint density at radius 3 is 2.22 bits per heavy atom. The fourth-order valence-electron chi connectivity index (χ4n) is 1.37. The van der Waals surface area contributed by atoms with Crippen LogP contribution in [0.1, 0.15) is 51.9 Å². The fourth-order valence-corrected chi connectivity index (χ4v) is 1.37. The van der Waals surface area contributed by atoms with E-state index in [1.165, 1.54) is 19.3 Å². The number of rotatable bonds is 10. The summed E-state index contributed by atoms with van der Waals surface area (Å²) in [5.74, 6) is -1.95. The predicted octanol–water partition coefficient (Wildman–Crippen LogP) is -1.41. The van der Waals surface area contributed by atoms with Crippen molar-refractivity contribution in [2.24, 2.45) is 0 Å². The Kier molecular flexibility index (Phi) is 15.7. The van der Waals surface area contributed by atoms with Crippen LogP contribution in [0, 0.1) is 0 Å². The van der Waals surface area contributed by atoms with E-state index in [0.717, 1.165) is 19.3 Å². The summed E-state index contributed by atoms with van der Waals surface area (Å²) in [6, 6.07) is 0. The molecule has 0 aromatic heterocycles. The predicted molar refractivity (Wildman–Crippen MR) is 63.1 cm³/mol. The molecular weight excluding hydrogens is 259 g/mol. The molecule has 0 fully saturated rings. The van der Waals surface area contributed by atoms with Gasteiger partial charge in [0.25, 0.3) is 0 Å². The van der Waals surface area contributed by atoms with Crippen molar-refractivity contribution in [1.29, 1.82) is 0 Å². The number of carboxylic acids is 1. The van der Waals surface area contributed by atoms with Gasteiger partial charge in [-0.1, -0.05) is 45.6 Å². The van der Waals surface area contributed by atoms with E-state index in [2.05, 4.69) is 13.5 Å². The third-order valence-electron chi connectivity index (χ3n) is 2.41. The van der Waals surface area contributed by atoms with Crippen LogP contribution in [0.3, 0.4) is 0 Å². The zero-order valence-corrected chi connectivity index (χ0v) is 14.6. The van der Waals surface area contributed by atoms with Crippen molar-refractivity contribution in [3.05, 3.63) is 12.2 Å². The molecule has 18 heavy (non-hydrogen) atoms. The summed E-state index contributed by atoms with van der Waals surface area (Å²) in [6.45, 7) is 5.72. The smallest absolute Gasteiger partial charge is 0.545 e. The molecule has 0 unspecified atom stereocenters. The average Bonchev–Trinajstić information content (AvgIpc) is 2.27. The van der Waals surface area contributed by atoms with Gasteiger partial charge in [-0.2, -0.15) is 0 Å². The number of carboxylic acid groups (broad SMARTS) is 1. The van der Waals surface area contributed by atoms with E-state index in [-0.39, 0.29) is 63.4 Å². The van der Waals surface area contributed by atoms with E-state index < -0.39 is 11.9 Å². The van der Waals surface area contributed by atoms with Gasteiger partial charge in [0.2, 0.25) is 0 Å². The Labute approximate surface area is 152 Å². The second kappa shape index (κ2) is 13.7. The first-order valence-electron chi connectivity index (χ1n) is 6.12. The van der Waals surface area contributed by atoms with Gasteiger partial charge in [-0.05, 0) is 12.0 Å². The largest absolute Gasteiger partial charge is 1.00 e. The van der Waals surface area contributed by atoms with Gasteiger partial charge in [0.15, 0.2) is 0 Å². The van der Waals surface area contributed by atoms with E-state index in [1.807, 2.05) is 0 Å². The molecule has 0 saturated carbocycles. The number of carbonyl (C=O) groups excluding carboxylic acids is 2. The summed E-state index contributed by atoms with van der Waals surface area (Å²) in [4.78, 5) is 21.4. The monoisotopic (exact) mass is 280 g/mol. The van der Waals surface area contributed by atoms with Gasteiger partial charge in [-0.25, -0.2) is 0 Å². The van der Waals surface area contributed by atoms with Gasteiger partial charge in [0.05, 0.1) is 19.0 Å². The standard InChI is InChI=1S/C13H22O4.K/c1-3-4-5-6-7-8-9-17-12(14)10-11(2)13(15)16;/h2-10H2,1H3,(H,15,16);/q;+1/p-1. The summed E-state index contributed by atoms with van der Waals surface area (Å²) in [7, 11) is 0. The van der Waals surface area contributed by atoms with Gasteiger partial charge in [-0.3, -0.25) is 4.79 Å². The van der Waals surface area contributed by atoms with E-state index in [9.17, 15) is 14.7 Å². The Balaban J connectivity index is 0. The maximum atomic E-state index is 11.1. The molecule has 0 N–H and O–H groups in total. The molecule has 0 heterocycles. The quantitative estimate of drug-likeness (QED) is 0.213.